The van der Waals surface area contributed by atoms with E-state index in [1.54, 1.807) is 0 Å². The number of halogens is 3. The van der Waals surface area contributed by atoms with Crippen LogP contribution >= 0.6 is 0 Å². The second kappa shape index (κ2) is 4.90. The van der Waals surface area contributed by atoms with Crippen molar-refractivity contribution in [3.63, 3.8) is 0 Å². The molecule has 0 amide bonds. The van der Waals surface area contributed by atoms with Gasteiger partial charge in [0.1, 0.15) is 0 Å². The first-order valence-electron chi connectivity index (χ1n) is 7.14. The standard InChI is InChI=1S/C16H16F3NO/c1-9-4-2-3-5-11-14(9)20-13-7-6-10(16(17,18)19)8-12(13)15(11)21/h6-9H,2-5H2,1H3,(H,20,21)/t9-/m0/s1. The Morgan fingerprint density at radius 1 is 1.24 bits per heavy atom. The van der Waals surface area contributed by atoms with E-state index in [1.165, 1.54) is 6.07 Å². The predicted molar refractivity (Wildman–Crippen MR) is 75.5 cm³/mol. The number of aromatic nitrogens is 1. The molecule has 0 unspecified atom stereocenters. The lowest BCUT2D eigenvalue weighted by molar-refractivity contribution is -0.137. The molecule has 1 aliphatic carbocycles. The average molecular weight is 295 g/mol. The van der Waals surface area contributed by atoms with Crippen LogP contribution in [0.4, 0.5) is 13.2 Å². The van der Waals surface area contributed by atoms with E-state index in [0.29, 0.717) is 17.5 Å². The van der Waals surface area contributed by atoms with Crippen molar-refractivity contribution in [3.8, 4) is 0 Å². The second-order valence-electron chi connectivity index (χ2n) is 5.75. The zero-order valence-electron chi connectivity index (χ0n) is 11.7. The van der Waals surface area contributed by atoms with Crippen LogP contribution < -0.4 is 5.43 Å². The molecule has 2 nitrogen and oxygen atoms in total. The van der Waals surface area contributed by atoms with Gasteiger partial charge < -0.3 is 4.98 Å². The van der Waals surface area contributed by atoms with Crippen molar-refractivity contribution < 1.29 is 13.2 Å². The molecule has 0 bridgehead atoms. The van der Waals surface area contributed by atoms with E-state index in [0.717, 1.165) is 37.1 Å². The summed E-state index contributed by atoms with van der Waals surface area (Å²) in [6, 6.07) is 3.34. The van der Waals surface area contributed by atoms with Crippen molar-refractivity contribution in [1.82, 2.24) is 4.98 Å². The average Bonchev–Trinajstić information content (AvgIpc) is 2.60. The molecule has 0 spiro atoms. The highest BCUT2D eigenvalue weighted by Crippen LogP contribution is 2.32. The Morgan fingerprint density at radius 2 is 2.00 bits per heavy atom. The third-order valence-electron chi connectivity index (χ3n) is 4.27. The van der Waals surface area contributed by atoms with Gasteiger partial charge in [-0.25, -0.2) is 0 Å². The van der Waals surface area contributed by atoms with Crippen molar-refractivity contribution in [2.75, 3.05) is 0 Å². The highest BCUT2D eigenvalue weighted by Gasteiger charge is 2.31. The number of fused-ring (bicyclic) bond motifs is 2. The Morgan fingerprint density at radius 3 is 2.71 bits per heavy atom. The van der Waals surface area contributed by atoms with Gasteiger partial charge in [0.2, 0.25) is 0 Å². The third kappa shape index (κ3) is 2.45. The Balaban J connectivity index is 2.28. The molecule has 1 aromatic heterocycles. The monoisotopic (exact) mass is 295 g/mol. The molecule has 5 heteroatoms. The van der Waals surface area contributed by atoms with E-state index in [4.69, 9.17) is 0 Å². The van der Waals surface area contributed by atoms with E-state index in [-0.39, 0.29) is 16.7 Å². The van der Waals surface area contributed by atoms with Crippen LogP contribution in [-0.4, -0.2) is 4.98 Å². The summed E-state index contributed by atoms with van der Waals surface area (Å²) in [6.07, 6.45) is -0.852. The number of nitrogens with one attached hydrogen (secondary N) is 1. The summed E-state index contributed by atoms with van der Waals surface area (Å²) in [5.41, 5.74) is 1.01. The molecular formula is C16H16F3NO. The number of alkyl halides is 3. The molecule has 1 aromatic carbocycles. The van der Waals surface area contributed by atoms with E-state index in [1.807, 2.05) is 0 Å². The van der Waals surface area contributed by atoms with Gasteiger partial charge in [-0.15, -0.1) is 0 Å². The maximum atomic E-state index is 12.8. The Hall–Kier alpha value is -1.78. The summed E-state index contributed by atoms with van der Waals surface area (Å²) in [4.78, 5) is 15.8. The van der Waals surface area contributed by atoms with Gasteiger partial charge in [-0.2, -0.15) is 13.2 Å². The minimum Gasteiger partial charge on any atom is -0.358 e. The first kappa shape index (κ1) is 14.2. The van der Waals surface area contributed by atoms with Crippen LogP contribution in [0.1, 0.15) is 48.9 Å². The fourth-order valence-corrected chi connectivity index (χ4v) is 3.09. The fourth-order valence-electron chi connectivity index (χ4n) is 3.09. The van der Waals surface area contributed by atoms with Gasteiger partial charge in [0.05, 0.1) is 5.56 Å². The van der Waals surface area contributed by atoms with Crippen LogP contribution in [0.5, 0.6) is 0 Å². The number of rotatable bonds is 0. The normalized spacial score (nSPS) is 19.3. The quantitative estimate of drug-likeness (QED) is 0.719. The van der Waals surface area contributed by atoms with E-state index >= 15 is 0 Å². The zero-order valence-corrected chi connectivity index (χ0v) is 11.7. The third-order valence-corrected chi connectivity index (χ3v) is 4.27. The second-order valence-corrected chi connectivity index (χ2v) is 5.75. The summed E-state index contributed by atoms with van der Waals surface area (Å²) in [5.74, 6) is 0.238. The van der Waals surface area contributed by atoms with Gasteiger partial charge in [-0.3, -0.25) is 4.79 Å². The molecule has 0 radical (unpaired) electrons. The first-order chi connectivity index (χ1) is 9.88. The van der Waals surface area contributed by atoms with Crippen LogP contribution in [-0.2, 0) is 12.6 Å². The van der Waals surface area contributed by atoms with Crippen LogP contribution in [0, 0.1) is 0 Å². The summed E-state index contributed by atoms with van der Waals surface area (Å²) in [5, 5.41) is 0.137. The molecule has 112 valence electrons. The van der Waals surface area contributed by atoms with Crippen molar-refractivity contribution >= 4 is 10.9 Å². The van der Waals surface area contributed by atoms with Crippen molar-refractivity contribution in [3.05, 3.63) is 45.2 Å². The number of pyridine rings is 1. The van der Waals surface area contributed by atoms with E-state index < -0.39 is 11.7 Å². The lowest BCUT2D eigenvalue weighted by atomic mass is 9.97. The predicted octanol–water partition coefficient (Wildman–Crippen LogP) is 4.38. The Labute approximate surface area is 120 Å². The molecule has 3 rings (SSSR count). The van der Waals surface area contributed by atoms with Crippen molar-refractivity contribution in [1.29, 1.82) is 0 Å². The highest BCUT2D eigenvalue weighted by molar-refractivity contribution is 5.80. The van der Waals surface area contributed by atoms with E-state index in [9.17, 15) is 18.0 Å². The van der Waals surface area contributed by atoms with Gasteiger partial charge >= 0.3 is 6.18 Å². The summed E-state index contributed by atoms with van der Waals surface area (Å²) < 4.78 is 38.4. The molecule has 1 atom stereocenters. The molecule has 0 saturated carbocycles. The molecule has 1 N–H and O–H groups in total. The minimum atomic E-state index is -4.43. The van der Waals surface area contributed by atoms with Gasteiger partial charge in [-0.05, 0) is 43.4 Å². The number of H-pyrrole nitrogens is 1. The smallest absolute Gasteiger partial charge is 0.358 e. The van der Waals surface area contributed by atoms with Gasteiger partial charge in [0, 0.05) is 22.2 Å². The fraction of sp³-hybridized carbons (Fsp3) is 0.438. The summed E-state index contributed by atoms with van der Waals surface area (Å²) >= 11 is 0. The largest absolute Gasteiger partial charge is 0.416 e. The summed E-state index contributed by atoms with van der Waals surface area (Å²) in [6.45, 7) is 2.05. The molecule has 2 aromatic rings. The van der Waals surface area contributed by atoms with Gasteiger partial charge in [0.15, 0.2) is 5.43 Å². The molecule has 0 saturated heterocycles. The molecule has 1 aliphatic rings. The zero-order chi connectivity index (χ0) is 15.2. The highest BCUT2D eigenvalue weighted by atomic mass is 19.4. The lowest BCUT2D eigenvalue weighted by Gasteiger charge is -2.14. The van der Waals surface area contributed by atoms with Crippen molar-refractivity contribution in [2.45, 2.75) is 44.7 Å². The minimum absolute atomic E-state index is 0.137. The van der Waals surface area contributed by atoms with Gasteiger partial charge in [-0.1, -0.05) is 13.3 Å². The molecule has 0 fully saturated rings. The Kier molecular flexibility index (Phi) is 3.30. The number of hydrogen-bond acceptors (Lipinski definition) is 1. The van der Waals surface area contributed by atoms with E-state index in [2.05, 4.69) is 11.9 Å². The maximum absolute atomic E-state index is 12.8. The van der Waals surface area contributed by atoms with Crippen LogP contribution in [0.25, 0.3) is 10.9 Å². The van der Waals surface area contributed by atoms with Crippen LogP contribution in [0.15, 0.2) is 23.0 Å². The van der Waals surface area contributed by atoms with Crippen LogP contribution in [0.3, 0.4) is 0 Å². The molecular weight excluding hydrogens is 279 g/mol. The number of benzene rings is 1. The molecule has 0 aliphatic heterocycles. The topological polar surface area (TPSA) is 32.9 Å². The first-order valence-corrected chi connectivity index (χ1v) is 7.14. The van der Waals surface area contributed by atoms with Gasteiger partial charge in [0.25, 0.3) is 0 Å². The summed E-state index contributed by atoms with van der Waals surface area (Å²) in [7, 11) is 0. The SMILES string of the molecule is C[C@H]1CCCCc2c1[nH]c1ccc(C(F)(F)F)cc1c2=O. The number of aromatic amines is 1. The van der Waals surface area contributed by atoms with Crippen molar-refractivity contribution in [2.24, 2.45) is 0 Å². The Bertz CT molecular complexity index is 745. The van der Waals surface area contributed by atoms with Crippen LogP contribution in [0.2, 0.25) is 0 Å². The lowest BCUT2D eigenvalue weighted by Crippen LogP contribution is -2.16. The molecule has 21 heavy (non-hydrogen) atoms. The number of hydrogen-bond donors (Lipinski definition) is 1. The molecule has 1 heterocycles. The maximum Gasteiger partial charge on any atom is 0.416 e.